The van der Waals surface area contributed by atoms with Gasteiger partial charge in [0.1, 0.15) is 24.2 Å². The second-order valence-electron chi connectivity index (χ2n) is 10.5. The Kier molecular flexibility index (Phi) is 9.46. The Labute approximate surface area is 249 Å². The van der Waals surface area contributed by atoms with Gasteiger partial charge in [-0.15, -0.1) is 0 Å². The van der Waals surface area contributed by atoms with Crippen molar-refractivity contribution >= 4 is 29.0 Å². The number of ether oxygens (including phenoxy) is 1. The molecule has 1 aliphatic carbocycles. The molecule has 0 saturated heterocycles. The lowest BCUT2D eigenvalue weighted by Crippen LogP contribution is -2.41. The van der Waals surface area contributed by atoms with Gasteiger partial charge < -0.3 is 20.1 Å². The monoisotopic (exact) mass is 580 g/mol. The maximum atomic E-state index is 14.5. The van der Waals surface area contributed by atoms with Crippen molar-refractivity contribution in [3.8, 4) is 5.75 Å². The van der Waals surface area contributed by atoms with Crippen molar-refractivity contribution in [3.63, 3.8) is 0 Å². The number of hydrogen-bond acceptors (Lipinski definition) is 5. The van der Waals surface area contributed by atoms with Crippen molar-refractivity contribution in [3.05, 3.63) is 126 Å². The highest BCUT2D eigenvalue weighted by Crippen LogP contribution is 2.31. The van der Waals surface area contributed by atoms with Gasteiger partial charge in [-0.3, -0.25) is 9.59 Å². The molecule has 5 rings (SSSR count). The Balaban J connectivity index is 1.21. The average molecular weight is 581 g/mol. The average Bonchev–Trinajstić information content (AvgIpc) is 2.99. The summed E-state index contributed by atoms with van der Waals surface area (Å²) < 4.78 is 20.4. The van der Waals surface area contributed by atoms with Gasteiger partial charge in [-0.25, -0.2) is 9.18 Å². The standard InChI is InChI=1S/C35H33FN2O5/c36-29-14-5-7-16-32(29)38(34(40)26-11-8-12-26)21-22-43-27-19-17-24(18-20-27)23-31(35(41)42)37-30-15-6-4-13-28(30)33(39)25-9-2-1-3-10-25/h1-7,9-10,13-20,26,31,37H,8,11-12,21-23H2,(H,41,42)/t31-/m0/s1. The maximum Gasteiger partial charge on any atom is 0.326 e. The first kappa shape index (κ1) is 29.5. The summed E-state index contributed by atoms with van der Waals surface area (Å²) in [6.07, 6.45) is 2.79. The molecule has 0 aromatic heterocycles. The van der Waals surface area contributed by atoms with Crippen LogP contribution in [-0.2, 0) is 16.0 Å². The van der Waals surface area contributed by atoms with Crippen molar-refractivity contribution in [1.82, 2.24) is 0 Å². The molecule has 1 amide bonds. The lowest BCUT2D eigenvalue weighted by molar-refractivity contribution is -0.137. The van der Waals surface area contributed by atoms with Crippen molar-refractivity contribution in [1.29, 1.82) is 0 Å². The van der Waals surface area contributed by atoms with Crippen LogP contribution in [0, 0.1) is 11.7 Å². The zero-order valence-electron chi connectivity index (χ0n) is 23.6. The predicted molar refractivity (Wildman–Crippen MR) is 163 cm³/mol. The highest BCUT2D eigenvalue weighted by molar-refractivity contribution is 6.12. The van der Waals surface area contributed by atoms with Crippen molar-refractivity contribution in [2.24, 2.45) is 5.92 Å². The van der Waals surface area contributed by atoms with Gasteiger partial charge in [-0.2, -0.15) is 0 Å². The number of carboxylic acids is 1. The number of ketones is 1. The minimum atomic E-state index is -1.05. The number of aliphatic carboxylic acids is 1. The molecular formula is C35H33FN2O5. The van der Waals surface area contributed by atoms with Crippen LogP contribution in [0.3, 0.4) is 0 Å². The van der Waals surface area contributed by atoms with Gasteiger partial charge in [0, 0.05) is 29.2 Å². The molecule has 1 saturated carbocycles. The van der Waals surface area contributed by atoms with Crippen LogP contribution in [0.1, 0.15) is 40.7 Å². The first-order valence-electron chi connectivity index (χ1n) is 14.4. The zero-order valence-corrected chi connectivity index (χ0v) is 23.6. The molecule has 1 atom stereocenters. The Morgan fingerprint density at radius 3 is 2.23 bits per heavy atom. The summed E-state index contributed by atoms with van der Waals surface area (Å²) in [5.41, 5.74) is 2.36. The molecular weight excluding hydrogens is 547 g/mol. The third kappa shape index (κ3) is 7.27. The van der Waals surface area contributed by atoms with E-state index in [1.165, 1.54) is 11.0 Å². The van der Waals surface area contributed by atoms with E-state index in [-0.39, 0.29) is 42.9 Å². The van der Waals surface area contributed by atoms with E-state index >= 15 is 0 Å². The minimum Gasteiger partial charge on any atom is -0.492 e. The normalized spacial score (nSPS) is 13.4. The number of nitrogens with zero attached hydrogens (tertiary/aromatic N) is 1. The SMILES string of the molecule is O=C(c1ccccc1)c1ccccc1N[C@@H](Cc1ccc(OCCN(C(=O)C2CCC2)c2ccccc2F)cc1)C(=O)O. The van der Waals surface area contributed by atoms with Crippen LogP contribution in [0.2, 0.25) is 0 Å². The molecule has 7 nitrogen and oxygen atoms in total. The summed E-state index contributed by atoms with van der Waals surface area (Å²) in [7, 11) is 0. The number of benzene rings is 4. The van der Waals surface area contributed by atoms with Gasteiger partial charge in [0.05, 0.1) is 12.2 Å². The predicted octanol–water partition coefficient (Wildman–Crippen LogP) is 6.38. The highest BCUT2D eigenvalue weighted by Gasteiger charge is 2.31. The first-order chi connectivity index (χ1) is 20.9. The molecule has 0 spiro atoms. The van der Waals surface area contributed by atoms with Gasteiger partial charge >= 0.3 is 5.97 Å². The van der Waals surface area contributed by atoms with Crippen molar-refractivity contribution in [2.45, 2.75) is 31.7 Å². The Bertz CT molecular complexity index is 1570. The molecule has 1 aliphatic rings. The number of rotatable bonds is 13. The molecule has 1 fully saturated rings. The molecule has 0 heterocycles. The number of halogens is 1. The number of amides is 1. The smallest absolute Gasteiger partial charge is 0.326 e. The van der Waals surface area contributed by atoms with E-state index in [0.717, 1.165) is 24.8 Å². The number of carbonyl (C=O) groups is 3. The lowest BCUT2D eigenvalue weighted by atomic mass is 9.84. The van der Waals surface area contributed by atoms with Crippen LogP contribution in [-0.4, -0.2) is 42.0 Å². The third-order valence-corrected chi connectivity index (χ3v) is 7.65. The van der Waals surface area contributed by atoms with E-state index < -0.39 is 17.8 Å². The first-order valence-corrected chi connectivity index (χ1v) is 14.4. The quantitative estimate of drug-likeness (QED) is 0.178. The number of para-hydroxylation sites is 2. The number of nitrogens with one attached hydrogen (secondary N) is 1. The Hall–Kier alpha value is -4.98. The van der Waals surface area contributed by atoms with E-state index in [1.54, 1.807) is 91.0 Å². The van der Waals surface area contributed by atoms with Crippen LogP contribution < -0.4 is 15.0 Å². The second kappa shape index (κ2) is 13.8. The third-order valence-electron chi connectivity index (χ3n) is 7.65. The van der Waals surface area contributed by atoms with E-state index in [2.05, 4.69) is 5.32 Å². The molecule has 0 radical (unpaired) electrons. The molecule has 2 N–H and O–H groups in total. The Morgan fingerprint density at radius 1 is 0.884 bits per heavy atom. The summed E-state index contributed by atoms with van der Waals surface area (Å²) in [6.45, 7) is 0.363. The minimum absolute atomic E-state index is 0.0851. The van der Waals surface area contributed by atoms with Crippen LogP contribution >= 0.6 is 0 Å². The van der Waals surface area contributed by atoms with Gasteiger partial charge in [0.15, 0.2) is 5.78 Å². The topological polar surface area (TPSA) is 95.9 Å². The van der Waals surface area contributed by atoms with E-state index in [9.17, 15) is 23.9 Å². The van der Waals surface area contributed by atoms with Crippen LogP contribution in [0.5, 0.6) is 5.75 Å². The zero-order chi connectivity index (χ0) is 30.2. The largest absolute Gasteiger partial charge is 0.492 e. The molecule has 8 heteroatoms. The van der Waals surface area contributed by atoms with Crippen molar-refractivity contribution in [2.75, 3.05) is 23.4 Å². The number of anilines is 2. The van der Waals surface area contributed by atoms with Gasteiger partial charge in [-0.05, 0) is 54.8 Å². The molecule has 0 unspecified atom stereocenters. The van der Waals surface area contributed by atoms with E-state index in [4.69, 9.17) is 4.74 Å². The fourth-order valence-electron chi connectivity index (χ4n) is 5.05. The molecule has 220 valence electrons. The van der Waals surface area contributed by atoms with E-state index in [0.29, 0.717) is 22.6 Å². The van der Waals surface area contributed by atoms with Gasteiger partial charge in [-0.1, -0.05) is 73.2 Å². The fraction of sp³-hybridized carbons (Fsp3) is 0.229. The molecule has 4 aromatic carbocycles. The molecule has 43 heavy (non-hydrogen) atoms. The summed E-state index contributed by atoms with van der Waals surface area (Å²) in [6, 6.07) is 28.0. The fourth-order valence-corrected chi connectivity index (χ4v) is 5.05. The Morgan fingerprint density at radius 2 is 1.56 bits per heavy atom. The summed E-state index contributed by atoms with van der Waals surface area (Å²) >= 11 is 0. The van der Waals surface area contributed by atoms with Gasteiger partial charge in [0.25, 0.3) is 0 Å². The van der Waals surface area contributed by atoms with Crippen LogP contribution in [0.4, 0.5) is 15.8 Å². The summed E-state index contributed by atoms with van der Waals surface area (Å²) in [5, 5.41) is 13.0. The molecule has 0 bridgehead atoms. The lowest BCUT2D eigenvalue weighted by Gasteiger charge is -2.31. The maximum absolute atomic E-state index is 14.5. The van der Waals surface area contributed by atoms with E-state index in [1.807, 2.05) is 6.07 Å². The number of carbonyl (C=O) groups excluding carboxylic acids is 2. The number of carboxylic acid groups (broad SMARTS) is 1. The van der Waals surface area contributed by atoms with Crippen molar-refractivity contribution < 1.29 is 28.6 Å². The highest BCUT2D eigenvalue weighted by atomic mass is 19.1. The molecule has 0 aliphatic heterocycles. The number of hydrogen-bond donors (Lipinski definition) is 2. The summed E-state index contributed by atoms with van der Waals surface area (Å²) in [4.78, 5) is 39.7. The van der Waals surface area contributed by atoms with Crippen LogP contribution in [0.25, 0.3) is 0 Å². The molecule has 4 aromatic rings. The summed E-state index contributed by atoms with van der Waals surface area (Å²) in [5.74, 6) is -1.32. The van der Waals surface area contributed by atoms with Crippen LogP contribution in [0.15, 0.2) is 103 Å². The van der Waals surface area contributed by atoms with Gasteiger partial charge in [0.2, 0.25) is 5.91 Å². The second-order valence-corrected chi connectivity index (χ2v) is 10.5.